The van der Waals surface area contributed by atoms with Crippen LogP contribution in [-0.4, -0.2) is 16.3 Å². The van der Waals surface area contributed by atoms with Crippen LogP contribution in [0.2, 0.25) is 0 Å². The van der Waals surface area contributed by atoms with Crippen molar-refractivity contribution in [2.45, 2.75) is 92.2 Å². The molecule has 1 aromatic rings. The number of aromatic nitrogens is 2. The van der Waals surface area contributed by atoms with Crippen molar-refractivity contribution in [2.24, 2.45) is 0 Å². The SMILES string of the molecule is CCCCCCCn1nc(C)c(C(CC)NCCC)c1C. The molecule has 0 saturated heterocycles. The molecule has 0 bridgehead atoms. The van der Waals surface area contributed by atoms with E-state index in [0.717, 1.165) is 19.5 Å². The van der Waals surface area contributed by atoms with Gasteiger partial charge in [-0.3, -0.25) is 4.68 Å². The van der Waals surface area contributed by atoms with Gasteiger partial charge in [-0.05, 0) is 39.7 Å². The Morgan fingerprint density at radius 1 is 1.00 bits per heavy atom. The van der Waals surface area contributed by atoms with Gasteiger partial charge in [0.1, 0.15) is 0 Å². The van der Waals surface area contributed by atoms with Gasteiger partial charge in [-0.15, -0.1) is 0 Å². The predicted octanol–water partition coefficient (Wildman–Crippen LogP) is 4.92. The molecule has 21 heavy (non-hydrogen) atoms. The standard InChI is InChI=1S/C18H35N3/c1-6-9-10-11-12-14-21-16(5)18(15(4)20-21)17(8-3)19-13-7-2/h17,19H,6-14H2,1-5H3. The summed E-state index contributed by atoms with van der Waals surface area (Å²) in [5.41, 5.74) is 3.99. The number of rotatable bonds is 11. The zero-order valence-electron chi connectivity index (χ0n) is 14.8. The summed E-state index contributed by atoms with van der Waals surface area (Å²) >= 11 is 0. The Hall–Kier alpha value is -0.830. The molecule has 0 aliphatic heterocycles. The molecule has 0 aromatic carbocycles. The molecule has 122 valence electrons. The van der Waals surface area contributed by atoms with Gasteiger partial charge in [0, 0.05) is 23.8 Å². The van der Waals surface area contributed by atoms with Crippen molar-refractivity contribution >= 4 is 0 Å². The molecule has 0 spiro atoms. The second-order valence-corrected chi connectivity index (χ2v) is 6.14. The monoisotopic (exact) mass is 293 g/mol. The number of nitrogens with one attached hydrogen (secondary N) is 1. The third kappa shape index (κ3) is 5.46. The van der Waals surface area contributed by atoms with E-state index in [9.17, 15) is 0 Å². The lowest BCUT2D eigenvalue weighted by Gasteiger charge is -2.17. The molecule has 1 N–H and O–H groups in total. The quantitative estimate of drug-likeness (QED) is 0.587. The van der Waals surface area contributed by atoms with Gasteiger partial charge >= 0.3 is 0 Å². The van der Waals surface area contributed by atoms with Crippen molar-refractivity contribution in [1.82, 2.24) is 15.1 Å². The van der Waals surface area contributed by atoms with Gasteiger partial charge in [-0.1, -0.05) is 46.5 Å². The van der Waals surface area contributed by atoms with Crippen LogP contribution >= 0.6 is 0 Å². The molecule has 1 unspecified atom stereocenters. The Morgan fingerprint density at radius 2 is 1.71 bits per heavy atom. The zero-order valence-corrected chi connectivity index (χ0v) is 14.8. The van der Waals surface area contributed by atoms with Gasteiger partial charge in [0.05, 0.1) is 5.69 Å². The maximum atomic E-state index is 4.78. The summed E-state index contributed by atoms with van der Waals surface area (Å²) in [6, 6.07) is 0.457. The molecule has 1 atom stereocenters. The molecule has 1 aromatic heterocycles. The van der Waals surface area contributed by atoms with Crippen LogP contribution in [0.5, 0.6) is 0 Å². The molecule has 0 aliphatic rings. The van der Waals surface area contributed by atoms with Crippen LogP contribution in [0.3, 0.4) is 0 Å². The Bertz CT molecular complexity index is 395. The number of hydrogen-bond acceptors (Lipinski definition) is 2. The fourth-order valence-electron chi connectivity index (χ4n) is 3.07. The molecule has 1 heterocycles. The maximum Gasteiger partial charge on any atom is 0.0644 e. The van der Waals surface area contributed by atoms with E-state index in [4.69, 9.17) is 5.10 Å². The van der Waals surface area contributed by atoms with Gasteiger partial charge in [-0.25, -0.2) is 0 Å². The minimum absolute atomic E-state index is 0.457. The van der Waals surface area contributed by atoms with E-state index in [1.807, 2.05) is 0 Å². The Labute approximate surface area is 131 Å². The lowest BCUT2D eigenvalue weighted by atomic mass is 10.0. The van der Waals surface area contributed by atoms with Crippen LogP contribution in [0.4, 0.5) is 0 Å². The van der Waals surface area contributed by atoms with Crippen LogP contribution in [0.25, 0.3) is 0 Å². The molecule has 3 nitrogen and oxygen atoms in total. The van der Waals surface area contributed by atoms with Crippen LogP contribution in [0, 0.1) is 13.8 Å². The summed E-state index contributed by atoms with van der Waals surface area (Å²) in [6.07, 6.45) is 8.92. The first-order valence-corrected chi connectivity index (χ1v) is 8.92. The second kappa shape index (κ2) is 9.99. The zero-order chi connectivity index (χ0) is 15.7. The average Bonchev–Trinajstić information content (AvgIpc) is 2.75. The highest BCUT2D eigenvalue weighted by atomic mass is 15.3. The van der Waals surface area contributed by atoms with Gasteiger partial charge in [0.15, 0.2) is 0 Å². The van der Waals surface area contributed by atoms with Crippen LogP contribution < -0.4 is 5.32 Å². The first-order valence-electron chi connectivity index (χ1n) is 8.92. The van der Waals surface area contributed by atoms with Gasteiger partial charge < -0.3 is 5.32 Å². The predicted molar refractivity (Wildman–Crippen MR) is 91.8 cm³/mol. The summed E-state index contributed by atoms with van der Waals surface area (Å²) < 4.78 is 2.23. The van der Waals surface area contributed by atoms with Crippen LogP contribution in [0.1, 0.15) is 88.7 Å². The molecule has 0 fully saturated rings. The minimum Gasteiger partial charge on any atom is -0.310 e. The normalized spacial score (nSPS) is 12.8. The molecule has 3 heteroatoms. The Balaban J connectivity index is 2.65. The molecule has 0 saturated carbocycles. The largest absolute Gasteiger partial charge is 0.310 e. The van der Waals surface area contributed by atoms with E-state index < -0.39 is 0 Å². The first kappa shape index (κ1) is 18.2. The lowest BCUT2D eigenvalue weighted by Crippen LogP contribution is -2.22. The highest BCUT2D eigenvalue weighted by Gasteiger charge is 2.18. The molecule has 0 amide bonds. The van der Waals surface area contributed by atoms with E-state index in [1.165, 1.54) is 55.5 Å². The Kier molecular flexibility index (Phi) is 8.67. The third-order valence-corrected chi connectivity index (χ3v) is 4.31. The maximum absolute atomic E-state index is 4.78. The van der Waals surface area contributed by atoms with Crippen molar-refractivity contribution in [3.05, 3.63) is 17.0 Å². The van der Waals surface area contributed by atoms with E-state index in [0.29, 0.717) is 6.04 Å². The lowest BCUT2D eigenvalue weighted by molar-refractivity contribution is 0.505. The van der Waals surface area contributed by atoms with Crippen LogP contribution in [-0.2, 0) is 6.54 Å². The molecule has 0 aliphatic carbocycles. The van der Waals surface area contributed by atoms with Crippen LogP contribution in [0.15, 0.2) is 0 Å². The summed E-state index contributed by atoms with van der Waals surface area (Å²) in [5, 5.41) is 8.44. The average molecular weight is 293 g/mol. The van der Waals surface area contributed by atoms with Crippen molar-refractivity contribution in [3.8, 4) is 0 Å². The number of hydrogen-bond donors (Lipinski definition) is 1. The van der Waals surface area contributed by atoms with Crippen molar-refractivity contribution in [1.29, 1.82) is 0 Å². The van der Waals surface area contributed by atoms with Crippen molar-refractivity contribution in [3.63, 3.8) is 0 Å². The second-order valence-electron chi connectivity index (χ2n) is 6.14. The summed E-state index contributed by atoms with van der Waals surface area (Å²) in [7, 11) is 0. The third-order valence-electron chi connectivity index (χ3n) is 4.31. The smallest absolute Gasteiger partial charge is 0.0644 e. The molecular formula is C18H35N3. The van der Waals surface area contributed by atoms with Gasteiger partial charge in [-0.2, -0.15) is 5.10 Å². The highest BCUT2D eigenvalue weighted by Crippen LogP contribution is 2.24. The first-order chi connectivity index (χ1) is 10.2. The van der Waals surface area contributed by atoms with E-state index >= 15 is 0 Å². The molecule has 1 rings (SSSR count). The fourth-order valence-corrected chi connectivity index (χ4v) is 3.07. The highest BCUT2D eigenvalue weighted by molar-refractivity contribution is 5.28. The number of unbranched alkanes of at least 4 members (excludes halogenated alkanes) is 4. The summed E-state index contributed by atoms with van der Waals surface area (Å²) in [6.45, 7) is 13.3. The van der Waals surface area contributed by atoms with Crippen molar-refractivity contribution < 1.29 is 0 Å². The van der Waals surface area contributed by atoms with Crippen molar-refractivity contribution in [2.75, 3.05) is 6.54 Å². The number of nitrogens with zero attached hydrogens (tertiary/aromatic N) is 2. The van der Waals surface area contributed by atoms with Gasteiger partial charge in [0.25, 0.3) is 0 Å². The fraction of sp³-hybridized carbons (Fsp3) is 0.833. The number of aryl methyl sites for hydroxylation is 2. The topological polar surface area (TPSA) is 29.9 Å². The summed E-state index contributed by atoms with van der Waals surface area (Å²) in [4.78, 5) is 0. The Morgan fingerprint density at radius 3 is 2.33 bits per heavy atom. The molecular weight excluding hydrogens is 258 g/mol. The van der Waals surface area contributed by atoms with E-state index in [2.05, 4.69) is 44.6 Å². The summed E-state index contributed by atoms with van der Waals surface area (Å²) in [5.74, 6) is 0. The van der Waals surface area contributed by atoms with E-state index in [1.54, 1.807) is 0 Å². The molecule has 0 radical (unpaired) electrons. The van der Waals surface area contributed by atoms with Gasteiger partial charge in [0.2, 0.25) is 0 Å². The van der Waals surface area contributed by atoms with E-state index in [-0.39, 0.29) is 0 Å². The minimum atomic E-state index is 0.457.